The molecule has 0 saturated carbocycles. The fourth-order valence-electron chi connectivity index (χ4n) is 3.40. The molecule has 35 heavy (non-hydrogen) atoms. The second-order valence-electron chi connectivity index (χ2n) is 7.89. The van der Waals surface area contributed by atoms with Gasteiger partial charge in [-0.2, -0.15) is 0 Å². The molecule has 0 fully saturated rings. The molecule has 0 amide bonds. The van der Waals surface area contributed by atoms with E-state index in [0.717, 1.165) is 11.7 Å². The van der Waals surface area contributed by atoms with E-state index in [0.29, 0.717) is 5.75 Å². The molecule has 0 aliphatic rings. The predicted octanol–water partition coefficient (Wildman–Crippen LogP) is 4.88. The lowest BCUT2D eigenvalue weighted by Gasteiger charge is -2.11. The fourth-order valence-corrected chi connectivity index (χ4v) is 6.44. The first kappa shape index (κ1) is 26.3. The van der Waals surface area contributed by atoms with Gasteiger partial charge in [0.05, 0.1) is 29.6 Å². The van der Waals surface area contributed by atoms with Crippen LogP contribution in [0.15, 0.2) is 114 Å². The third kappa shape index (κ3) is 8.45. The molecule has 0 saturated heterocycles. The number of ether oxygens (including phenoxy) is 1. The molecule has 0 aliphatic carbocycles. The van der Waals surface area contributed by atoms with Gasteiger partial charge in [0, 0.05) is 6.92 Å². The summed E-state index contributed by atoms with van der Waals surface area (Å²) in [5.74, 6) is 0.306. The lowest BCUT2D eigenvalue weighted by Crippen LogP contribution is -2.12. The maximum Gasteiger partial charge on any atom is 0.308 e. The molecule has 0 unspecified atom stereocenters. The van der Waals surface area contributed by atoms with Crippen LogP contribution in [0.5, 0.6) is 5.75 Å². The molecule has 0 bridgehead atoms. The molecule has 0 radical (unpaired) electrons. The van der Waals surface area contributed by atoms with Crippen LogP contribution in [0, 0.1) is 6.92 Å². The highest BCUT2D eigenvalue weighted by Gasteiger charge is 2.22. The number of rotatable bonds is 6. The average molecular weight is 507 g/mol. The van der Waals surface area contributed by atoms with Crippen LogP contribution < -0.4 is 15.3 Å². The second kappa shape index (κ2) is 12.4. The van der Waals surface area contributed by atoms with Gasteiger partial charge in [-0.05, 0) is 61.0 Å². The predicted molar refractivity (Wildman–Crippen MR) is 141 cm³/mol. The Morgan fingerprint density at radius 1 is 0.771 bits per heavy atom. The number of carbonyl (C=O) groups is 1. The van der Waals surface area contributed by atoms with E-state index in [2.05, 4.69) is 72.8 Å². The first-order chi connectivity index (χ1) is 16.7. The van der Waals surface area contributed by atoms with Crippen molar-refractivity contribution in [3.8, 4) is 5.75 Å². The minimum absolute atomic E-state index is 0.178. The van der Waals surface area contributed by atoms with Crippen LogP contribution in [0.3, 0.4) is 0 Å². The molecule has 4 rings (SSSR count). The Balaban J connectivity index is 0.000000261. The van der Waals surface area contributed by atoms with Crippen LogP contribution in [-0.2, 0) is 21.1 Å². The molecule has 0 N–H and O–H groups in total. The standard InChI is InChI=1S/C21H19O2P.C7H8O3S/c1-17(22)23-19-14-12-18(13-15-19)16-24(20-8-4-2-5-9-20)21-10-6-3-7-11-21;1-6-2-4-7(5-3-6)11(8,9)10/h2-15H,16H2,1H3;2-5H,1H3,(H,8,9,10). The van der Waals surface area contributed by atoms with Gasteiger partial charge in [-0.25, -0.2) is 8.42 Å². The fraction of sp³-hybridized carbons (Fsp3) is 0.107. The Morgan fingerprint density at radius 3 is 1.69 bits per heavy atom. The molecule has 7 heteroatoms. The number of carbonyl (C=O) groups excluding carboxylic acids is 1. The first-order valence-corrected chi connectivity index (χ1v) is 14.1. The molecule has 180 valence electrons. The summed E-state index contributed by atoms with van der Waals surface area (Å²) in [5.41, 5.74) is 2.19. The molecule has 0 atom stereocenters. The summed E-state index contributed by atoms with van der Waals surface area (Å²) in [6.07, 6.45) is 0.999. The van der Waals surface area contributed by atoms with Crippen LogP contribution in [0.2, 0.25) is 0 Å². The maximum absolute atomic E-state index is 11.0. The molecule has 4 aromatic carbocycles. The molecule has 0 aliphatic heterocycles. The third-order valence-electron chi connectivity index (χ3n) is 5.12. The Morgan fingerprint density at radius 2 is 1.26 bits per heavy atom. The highest BCUT2D eigenvalue weighted by molar-refractivity contribution is 7.85. The number of aryl methyl sites for hydroxylation is 1. The van der Waals surface area contributed by atoms with Crippen molar-refractivity contribution in [3.05, 3.63) is 120 Å². The van der Waals surface area contributed by atoms with Crippen molar-refractivity contribution in [2.45, 2.75) is 24.9 Å². The number of hydrogen-bond acceptors (Lipinski definition) is 5. The van der Waals surface area contributed by atoms with E-state index in [-0.39, 0.29) is 10.9 Å². The van der Waals surface area contributed by atoms with Gasteiger partial charge in [0.2, 0.25) is 0 Å². The van der Waals surface area contributed by atoms with Gasteiger partial charge >= 0.3 is 5.97 Å². The van der Waals surface area contributed by atoms with Crippen LogP contribution in [0.4, 0.5) is 0 Å². The molecular formula is C28H27O5PS. The topological polar surface area (TPSA) is 83.5 Å². The molecule has 0 spiro atoms. The van der Waals surface area contributed by atoms with Crippen molar-refractivity contribution in [2.24, 2.45) is 0 Å². The third-order valence-corrected chi connectivity index (χ3v) is 8.79. The lowest BCUT2D eigenvalue weighted by atomic mass is 10.2. The minimum Gasteiger partial charge on any atom is -0.744 e. The van der Waals surface area contributed by atoms with Crippen molar-refractivity contribution in [2.75, 3.05) is 0 Å². The maximum atomic E-state index is 11.0. The Bertz CT molecular complexity index is 1280. The Labute approximate surface area is 207 Å². The zero-order valence-corrected chi connectivity index (χ0v) is 21.4. The van der Waals surface area contributed by atoms with Gasteiger partial charge in [-0.15, -0.1) is 0 Å². The summed E-state index contributed by atoms with van der Waals surface area (Å²) in [7, 11) is -5.16. The van der Waals surface area contributed by atoms with Gasteiger partial charge in [0.1, 0.15) is 15.9 Å². The average Bonchev–Trinajstić information content (AvgIpc) is 2.84. The van der Waals surface area contributed by atoms with Crippen molar-refractivity contribution in [3.63, 3.8) is 0 Å². The van der Waals surface area contributed by atoms with Gasteiger partial charge < -0.3 is 9.29 Å². The van der Waals surface area contributed by atoms with Crippen molar-refractivity contribution in [1.29, 1.82) is 0 Å². The smallest absolute Gasteiger partial charge is 0.308 e. The number of esters is 1. The largest absolute Gasteiger partial charge is 0.744 e. The normalized spacial score (nSPS) is 10.9. The molecule has 0 aromatic heterocycles. The highest BCUT2D eigenvalue weighted by Crippen LogP contribution is 2.38. The van der Waals surface area contributed by atoms with Gasteiger partial charge in [-0.3, -0.25) is 4.79 Å². The van der Waals surface area contributed by atoms with Crippen LogP contribution in [0.25, 0.3) is 0 Å². The quantitative estimate of drug-likeness (QED) is 0.161. The van der Waals surface area contributed by atoms with E-state index < -0.39 is 18.0 Å². The summed E-state index contributed by atoms with van der Waals surface area (Å²) < 4.78 is 36.3. The van der Waals surface area contributed by atoms with Gasteiger partial charge in [-0.1, -0.05) is 66.2 Å². The van der Waals surface area contributed by atoms with Crippen molar-refractivity contribution < 1.29 is 22.5 Å². The Hall–Kier alpha value is -3.31. The lowest BCUT2D eigenvalue weighted by molar-refractivity contribution is -0.131. The highest BCUT2D eigenvalue weighted by atomic mass is 32.2. The summed E-state index contributed by atoms with van der Waals surface area (Å²) in [6, 6.07) is 35.0. The zero-order valence-electron chi connectivity index (χ0n) is 19.5. The first-order valence-electron chi connectivity index (χ1n) is 11.0. The van der Waals surface area contributed by atoms with E-state index in [4.69, 9.17) is 4.74 Å². The van der Waals surface area contributed by atoms with Gasteiger partial charge in [0.25, 0.3) is 0 Å². The summed E-state index contributed by atoms with van der Waals surface area (Å²) >= 11 is 0. The molecular weight excluding hydrogens is 479 g/mol. The van der Waals surface area contributed by atoms with Crippen LogP contribution in [0.1, 0.15) is 18.1 Å². The minimum atomic E-state index is -4.27. The van der Waals surface area contributed by atoms with E-state index >= 15 is 0 Å². The van der Waals surface area contributed by atoms with E-state index in [1.807, 2.05) is 19.1 Å². The van der Waals surface area contributed by atoms with Crippen LogP contribution >= 0.6 is 7.92 Å². The zero-order chi connectivity index (χ0) is 25.3. The van der Waals surface area contributed by atoms with E-state index in [1.165, 1.54) is 35.2 Å². The second-order valence-corrected chi connectivity index (χ2v) is 11.7. The van der Waals surface area contributed by atoms with Gasteiger partial charge in [0.15, 0.2) is 0 Å². The van der Waals surface area contributed by atoms with E-state index in [9.17, 15) is 17.8 Å². The van der Waals surface area contributed by atoms with E-state index in [1.54, 1.807) is 12.1 Å². The summed E-state index contributed by atoms with van der Waals surface area (Å²) in [5, 5.41) is 2.80. The SMILES string of the molecule is CC(=O)Oc1ccc(C[PH+](c2ccccc2)c2ccccc2)cc1.Cc1ccc(S(=O)(=O)[O-])cc1. The molecule has 4 aromatic rings. The molecule has 5 nitrogen and oxygen atoms in total. The number of hydrogen-bond donors (Lipinski definition) is 0. The van der Waals surface area contributed by atoms with Crippen molar-refractivity contribution in [1.82, 2.24) is 0 Å². The summed E-state index contributed by atoms with van der Waals surface area (Å²) in [6.45, 7) is 3.24. The van der Waals surface area contributed by atoms with Crippen molar-refractivity contribution >= 4 is 34.6 Å². The summed E-state index contributed by atoms with van der Waals surface area (Å²) in [4.78, 5) is 10.9. The Kier molecular flexibility index (Phi) is 9.32. The number of benzene rings is 4. The monoisotopic (exact) mass is 506 g/mol. The van der Waals surface area contributed by atoms with Crippen LogP contribution in [-0.4, -0.2) is 18.9 Å². The molecule has 0 heterocycles.